The highest BCUT2D eigenvalue weighted by Crippen LogP contribution is 2.35. The fourth-order valence-electron chi connectivity index (χ4n) is 4.57. The lowest BCUT2D eigenvalue weighted by atomic mass is 9.77. The van der Waals surface area contributed by atoms with Crippen LogP contribution in [0.5, 0.6) is 0 Å². The molecule has 0 aliphatic carbocycles. The molecule has 0 saturated carbocycles. The molecule has 148 valence electrons. The van der Waals surface area contributed by atoms with E-state index in [1.165, 1.54) is 44.2 Å². The Morgan fingerprint density at radius 3 is 1.83 bits per heavy atom. The quantitative estimate of drug-likeness (QED) is 0.297. The highest BCUT2D eigenvalue weighted by Gasteiger charge is 2.23. The van der Waals surface area contributed by atoms with Gasteiger partial charge in [0.15, 0.2) is 0 Å². The van der Waals surface area contributed by atoms with Crippen LogP contribution in [-0.4, -0.2) is 4.57 Å². The zero-order valence-electron chi connectivity index (χ0n) is 17.9. The predicted molar refractivity (Wildman–Crippen MR) is 129 cm³/mol. The third-order valence-electron chi connectivity index (χ3n) is 6.48. The molecule has 0 aliphatic rings. The van der Waals surface area contributed by atoms with E-state index in [0.717, 1.165) is 6.42 Å². The van der Waals surface area contributed by atoms with Crippen LogP contribution in [0, 0.1) is 0 Å². The molecule has 1 heteroatoms. The minimum Gasteiger partial charge on any atom is -0.309 e. The van der Waals surface area contributed by atoms with Crippen LogP contribution in [0.2, 0.25) is 0 Å². The Bertz CT molecular complexity index is 1280. The van der Waals surface area contributed by atoms with Gasteiger partial charge in [0.05, 0.1) is 11.0 Å². The standard InChI is InChI=1S/C29H27N/c1-4-21-10-9-11-23(20-21)29(2,3)22-16-18-24(19-17-22)30-27-14-7-5-12-25(27)26-13-6-8-15-28(26)30/h5-20H,4H2,1-3H3. The molecule has 1 aromatic heterocycles. The molecule has 0 unspecified atom stereocenters. The number of para-hydroxylation sites is 2. The topological polar surface area (TPSA) is 4.93 Å². The average molecular weight is 390 g/mol. The van der Waals surface area contributed by atoms with Gasteiger partial charge >= 0.3 is 0 Å². The second kappa shape index (κ2) is 7.18. The van der Waals surface area contributed by atoms with Gasteiger partial charge in [0, 0.05) is 21.9 Å². The number of hydrogen-bond acceptors (Lipinski definition) is 0. The smallest absolute Gasteiger partial charge is 0.0541 e. The van der Waals surface area contributed by atoms with Crippen molar-refractivity contribution in [1.29, 1.82) is 0 Å². The average Bonchev–Trinajstić information content (AvgIpc) is 3.14. The summed E-state index contributed by atoms with van der Waals surface area (Å²) in [7, 11) is 0. The molecular weight excluding hydrogens is 362 g/mol. The van der Waals surface area contributed by atoms with Gasteiger partial charge in [-0.25, -0.2) is 0 Å². The van der Waals surface area contributed by atoms with Crippen LogP contribution in [0.15, 0.2) is 97.1 Å². The molecule has 1 heterocycles. The normalized spacial score (nSPS) is 12.0. The Hall–Kier alpha value is -3.32. The van der Waals surface area contributed by atoms with Gasteiger partial charge in [-0.05, 0) is 47.4 Å². The second-order valence-electron chi connectivity index (χ2n) is 8.60. The van der Waals surface area contributed by atoms with Crippen molar-refractivity contribution < 1.29 is 0 Å². The van der Waals surface area contributed by atoms with Crippen LogP contribution in [0.3, 0.4) is 0 Å². The summed E-state index contributed by atoms with van der Waals surface area (Å²) in [5.41, 5.74) is 7.76. The predicted octanol–water partition coefficient (Wildman–Crippen LogP) is 7.67. The third kappa shape index (κ3) is 2.93. The van der Waals surface area contributed by atoms with E-state index in [9.17, 15) is 0 Å². The minimum atomic E-state index is -0.0372. The molecule has 0 radical (unpaired) electrons. The summed E-state index contributed by atoms with van der Waals surface area (Å²) in [6.07, 6.45) is 1.07. The van der Waals surface area contributed by atoms with Gasteiger partial charge in [0.2, 0.25) is 0 Å². The van der Waals surface area contributed by atoms with Crippen LogP contribution < -0.4 is 0 Å². The van der Waals surface area contributed by atoms with Crippen LogP contribution in [-0.2, 0) is 11.8 Å². The first-order valence-corrected chi connectivity index (χ1v) is 10.8. The fourth-order valence-corrected chi connectivity index (χ4v) is 4.57. The molecular formula is C29H27N. The van der Waals surface area contributed by atoms with Crippen molar-refractivity contribution in [3.8, 4) is 5.69 Å². The minimum absolute atomic E-state index is 0.0372. The van der Waals surface area contributed by atoms with Crippen LogP contribution in [0.4, 0.5) is 0 Å². The number of benzene rings is 4. The van der Waals surface area contributed by atoms with Gasteiger partial charge in [-0.1, -0.05) is 93.6 Å². The van der Waals surface area contributed by atoms with Crippen molar-refractivity contribution in [2.75, 3.05) is 0 Å². The molecule has 5 rings (SSSR count). The van der Waals surface area contributed by atoms with E-state index < -0.39 is 0 Å². The number of aromatic nitrogens is 1. The summed E-state index contributed by atoms with van der Waals surface area (Å²) in [5.74, 6) is 0. The molecule has 0 fully saturated rings. The van der Waals surface area contributed by atoms with Crippen LogP contribution in [0.25, 0.3) is 27.5 Å². The Kier molecular flexibility index (Phi) is 4.47. The Balaban J connectivity index is 1.62. The molecule has 0 saturated heterocycles. The summed E-state index contributed by atoms with van der Waals surface area (Å²) < 4.78 is 2.37. The summed E-state index contributed by atoms with van der Waals surface area (Å²) in [4.78, 5) is 0. The van der Waals surface area contributed by atoms with Crippen molar-refractivity contribution in [2.24, 2.45) is 0 Å². The molecule has 5 aromatic rings. The first-order chi connectivity index (χ1) is 14.6. The van der Waals surface area contributed by atoms with Crippen molar-refractivity contribution in [1.82, 2.24) is 4.57 Å². The molecule has 0 spiro atoms. The summed E-state index contributed by atoms with van der Waals surface area (Å²) in [5, 5.41) is 2.60. The Labute approximate surface area is 178 Å². The molecule has 0 amide bonds. The zero-order chi connectivity index (χ0) is 20.7. The molecule has 1 nitrogen and oxygen atoms in total. The van der Waals surface area contributed by atoms with Gasteiger partial charge in [-0.2, -0.15) is 0 Å². The fraction of sp³-hybridized carbons (Fsp3) is 0.172. The van der Waals surface area contributed by atoms with Gasteiger partial charge < -0.3 is 4.57 Å². The number of nitrogens with zero attached hydrogens (tertiary/aromatic N) is 1. The maximum atomic E-state index is 2.37. The lowest BCUT2D eigenvalue weighted by Crippen LogP contribution is -2.19. The van der Waals surface area contributed by atoms with E-state index >= 15 is 0 Å². The first-order valence-electron chi connectivity index (χ1n) is 10.8. The Morgan fingerprint density at radius 1 is 0.633 bits per heavy atom. The van der Waals surface area contributed by atoms with Gasteiger partial charge in [0.1, 0.15) is 0 Å². The summed E-state index contributed by atoms with van der Waals surface area (Å²) in [6.45, 7) is 6.85. The number of rotatable bonds is 4. The highest BCUT2D eigenvalue weighted by atomic mass is 15.0. The SMILES string of the molecule is CCc1cccc(C(C)(C)c2ccc(-n3c4ccccc4c4ccccc43)cc2)c1. The van der Waals surface area contributed by atoms with Crippen LogP contribution >= 0.6 is 0 Å². The van der Waals surface area contributed by atoms with E-state index in [1.807, 2.05) is 0 Å². The van der Waals surface area contributed by atoms with Crippen molar-refractivity contribution in [2.45, 2.75) is 32.6 Å². The lowest BCUT2D eigenvalue weighted by molar-refractivity contribution is 0.639. The number of aryl methyl sites for hydroxylation is 1. The van der Waals surface area contributed by atoms with Gasteiger partial charge in [-0.3, -0.25) is 0 Å². The Morgan fingerprint density at radius 2 is 1.23 bits per heavy atom. The highest BCUT2D eigenvalue weighted by molar-refractivity contribution is 6.09. The number of fused-ring (bicyclic) bond motifs is 3. The molecule has 0 bridgehead atoms. The van der Waals surface area contributed by atoms with E-state index in [-0.39, 0.29) is 5.41 Å². The van der Waals surface area contributed by atoms with Gasteiger partial charge in [-0.15, -0.1) is 0 Å². The summed E-state index contributed by atoms with van der Waals surface area (Å²) >= 11 is 0. The van der Waals surface area contributed by atoms with E-state index in [4.69, 9.17) is 0 Å². The zero-order valence-corrected chi connectivity index (χ0v) is 17.9. The van der Waals surface area contributed by atoms with E-state index in [1.54, 1.807) is 0 Å². The number of hydrogen-bond donors (Lipinski definition) is 0. The summed E-state index contributed by atoms with van der Waals surface area (Å²) in [6, 6.07) is 35.4. The van der Waals surface area contributed by atoms with Crippen molar-refractivity contribution in [3.05, 3.63) is 114 Å². The molecule has 4 aromatic carbocycles. The lowest BCUT2D eigenvalue weighted by Gasteiger charge is -2.27. The van der Waals surface area contributed by atoms with Crippen molar-refractivity contribution >= 4 is 21.8 Å². The van der Waals surface area contributed by atoms with Crippen LogP contribution in [0.1, 0.15) is 37.5 Å². The van der Waals surface area contributed by atoms with Gasteiger partial charge in [0.25, 0.3) is 0 Å². The molecule has 0 aliphatic heterocycles. The second-order valence-corrected chi connectivity index (χ2v) is 8.60. The third-order valence-corrected chi connectivity index (χ3v) is 6.48. The maximum absolute atomic E-state index is 2.37. The molecule has 0 atom stereocenters. The monoisotopic (exact) mass is 389 g/mol. The van der Waals surface area contributed by atoms with Crippen molar-refractivity contribution in [3.63, 3.8) is 0 Å². The maximum Gasteiger partial charge on any atom is 0.0541 e. The van der Waals surface area contributed by atoms with E-state index in [0.29, 0.717) is 0 Å². The molecule has 0 N–H and O–H groups in total. The largest absolute Gasteiger partial charge is 0.309 e. The van der Waals surface area contributed by atoms with E-state index in [2.05, 4.69) is 122 Å². The molecule has 30 heavy (non-hydrogen) atoms. The first kappa shape index (κ1) is 18.7.